The largest absolute Gasteiger partial charge is 0.480 e. The van der Waals surface area contributed by atoms with E-state index in [4.69, 9.17) is 5.11 Å². The van der Waals surface area contributed by atoms with E-state index in [0.717, 1.165) is 25.7 Å². The summed E-state index contributed by atoms with van der Waals surface area (Å²) in [7, 11) is 0. The SMILES string of the molecule is CCCCCCNC(=O)N[C@@H](C)C(=O)O. The van der Waals surface area contributed by atoms with Gasteiger partial charge in [0.1, 0.15) is 6.04 Å². The number of carboxylic acids is 1. The highest BCUT2D eigenvalue weighted by Gasteiger charge is 2.12. The highest BCUT2D eigenvalue weighted by Crippen LogP contribution is 1.96. The minimum absolute atomic E-state index is 0.415. The van der Waals surface area contributed by atoms with Crippen LogP contribution in [0.1, 0.15) is 39.5 Å². The Kier molecular flexibility index (Phi) is 7.40. The molecule has 0 aliphatic rings. The summed E-state index contributed by atoms with van der Waals surface area (Å²) in [6, 6.07) is -1.26. The molecule has 0 aliphatic heterocycles. The Morgan fingerprint density at radius 1 is 1.27 bits per heavy atom. The van der Waals surface area contributed by atoms with Crippen molar-refractivity contribution in [1.82, 2.24) is 10.6 Å². The lowest BCUT2D eigenvalue weighted by Crippen LogP contribution is -2.44. The maximum Gasteiger partial charge on any atom is 0.325 e. The summed E-state index contributed by atoms with van der Waals surface area (Å²) >= 11 is 0. The Morgan fingerprint density at radius 3 is 2.47 bits per heavy atom. The second-order valence-electron chi connectivity index (χ2n) is 3.52. The van der Waals surface area contributed by atoms with E-state index in [2.05, 4.69) is 17.6 Å². The second kappa shape index (κ2) is 8.08. The van der Waals surface area contributed by atoms with Gasteiger partial charge < -0.3 is 15.7 Å². The Morgan fingerprint density at radius 2 is 1.93 bits per heavy atom. The van der Waals surface area contributed by atoms with Crippen molar-refractivity contribution >= 4 is 12.0 Å². The average Bonchev–Trinajstić information content (AvgIpc) is 2.17. The molecule has 0 heterocycles. The minimum atomic E-state index is -1.03. The van der Waals surface area contributed by atoms with Gasteiger partial charge in [-0.15, -0.1) is 0 Å². The number of urea groups is 1. The predicted molar refractivity (Wildman–Crippen MR) is 57.8 cm³/mol. The molecule has 3 N–H and O–H groups in total. The lowest BCUT2D eigenvalue weighted by molar-refractivity contribution is -0.138. The summed E-state index contributed by atoms with van der Waals surface area (Å²) in [6.45, 7) is 4.14. The fourth-order valence-corrected chi connectivity index (χ4v) is 1.06. The van der Waals surface area contributed by atoms with Gasteiger partial charge in [0, 0.05) is 6.54 Å². The van der Waals surface area contributed by atoms with Gasteiger partial charge in [-0.1, -0.05) is 26.2 Å². The molecule has 0 aromatic carbocycles. The van der Waals surface area contributed by atoms with Crippen LogP contribution in [0.15, 0.2) is 0 Å². The van der Waals surface area contributed by atoms with Crippen molar-refractivity contribution in [2.45, 2.75) is 45.6 Å². The smallest absolute Gasteiger partial charge is 0.325 e. The number of carboxylic acid groups (broad SMARTS) is 1. The molecule has 0 fully saturated rings. The molecule has 0 spiro atoms. The third-order valence-corrected chi connectivity index (χ3v) is 2.03. The van der Waals surface area contributed by atoms with E-state index in [1.807, 2.05) is 0 Å². The molecule has 5 heteroatoms. The molecule has 0 aromatic rings. The molecule has 2 amide bonds. The van der Waals surface area contributed by atoms with E-state index in [-0.39, 0.29) is 0 Å². The summed E-state index contributed by atoms with van der Waals surface area (Å²) < 4.78 is 0. The quantitative estimate of drug-likeness (QED) is 0.562. The zero-order valence-electron chi connectivity index (χ0n) is 9.38. The van der Waals surface area contributed by atoms with Gasteiger partial charge in [0.25, 0.3) is 0 Å². The van der Waals surface area contributed by atoms with Crippen LogP contribution in [0.25, 0.3) is 0 Å². The fourth-order valence-electron chi connectivity index (χ4n) is 1.06. The molecule has 0 rings (SSSR count). The van der Waals surface area contributed by atoms with Gasteiger partial charge in [0.2, 0.25) is 0 Å². The molecule has 0 bridgehead atoms. The van der Waals surface area contributed by atoms with Crippen LogP contribution in [-0.2, 0) is 4.79 Å². The lowest BCUT2D eigenvalue weighted by Gasteiger charge is -2.10. The van der Waals surface area contributed by atoms with E-state index in [1.165, 1.54) is 6.92 Å². The van der Waals surface area contributed by atoms with Gasteiger partial charge in [0.15, 0.2) is 0 Å². The number of amides is 2. The van der Waals surface area contributed by atoms with Crippen LogP contribution in [-0.4, -0.2) is 29.7 Å². The number of hydrogen-bond donors (Lipinski definition) is 3. The van der Waals surface area contributed by atoms with Crippen LogP contribution in [0.3, 0.4) is 0 Å². The topological polar surface area (TPSA) is 78.4 Å². The first-order chi connectivity index (χ1) is 7.07. The Labute approximate surface area is 90.2 Å². The molecule has 5 nitrogen and oxygen atoms in total. The molecule has 0 aromatic heterocycles. The normalized spacial score (nSPS) is 11.9. The van der Waals surface area contributed by atoms with Crippen molar-refractivity contribution in [2.24, 2.45) is 0 Å². The van der Waals surface area contributed by atoms with Gasteiger partial charge in [0.05, 0.1) is 0 Å². The first-order valence-electron chi connectivity index (χ1n) is 5.35. The van der Waals surface area contributed by atoms with Crippen LogP contribution in [0.5, 0.6) is 0 Å². The number of rotatable bonds is 7. The number of carbonyl (C=O) groups excluding carboxylic acids is 1. The average molecular weight is 216 g/mol. The van der Waals surface area contributed by atoms with Crippen molar-refractivity contribution < 1.29 is 14.7 Å². The standard InChI is InChI=1S/C10H20N2O3/c1-3-4-5-6-7-11-10(15)12-8(2)9(13)14/h8H,3-7H2,1-2H3,(H,13,14)(H2,11,12,15)/t8-/m0/s1. The summed E-state index contributed by atoms with van der Waals surface area (Å²) in [5.74, 6) is -1.03. The monoisotopic (exact) mass is 216 g/mol. The number of unbranched alkanes of at least 4 members (excludes halogenated alkanes) is 3. The van der Waals surface area contributed by atoms with Crippen molar-refractivity contribution in [3.05, 3.63) is 0 Å². The summed E-state index contributed by atoms with van der Waals surface area (Å²) in [5.41, 5.74) is 0. The van der Waals surface area contributed by atoms with E-state index in [9.17, 15) is 9.59 Å². The van der Waals surface area contributed by atoms with Gasteiger partial charge in [-0.05, 0) is 13.3 Å². The first-order valence-corrected chi connectivity index (χ1v) is 5.35. The third kappa shape index (κ3) is 7.78. The Bertz CT molecular complexity index is 207. The van der Waals surface area contributed by atoms with Crippen molar-refractivity contribution in [2.75, 3.05) is 6.54 Å². The van der Waals surface area contributed by atoms with Gasteiger partial charge in [-0.2, -0.15) is 0 Å². The minimum Gasteiger partial charge on any atom is -0.480 e. The number of carbonyl (C=O) groups is 2. The summed E-state index contributed by atoms with van der Waals surface area (Å²) in [5, 5.41) is 13.5. The molecule has 15 heavy (non-hydrogen) atoms. The maximum absolute atomic E-state index is 11.1. The van der Waals surface area contributed by atoms with Crippen LogP contribution in [0, 0.1) is 0 Å². The Balaban J connectivity index is 3.45. The highest BCUT2D eigenvalue weighted by molar-refractivity contribution is 5.82. The van der Waals surface area contributed by atoms with Crippen LogP contribution in [0.4, 0.5) is 4.79 Å². The van der Waals surface area contributed by atoms with Crippen LogP contribution >= 0.6 is 0 Å². The fraction of sp³-hybridized carbons (Fsp3) is 0.800. The zero-order chi connectivity index (χ0) is 11.7. The Hall–Kier alpha value is -1.26. The van der Waals surface area contributed by atoms with E-state index >= 15 is 0 Å². The van der Waals surface area contributed by atoms with Crippen LogP contribution < -0.4 is 10.6 Å². The van der Waals surface area contributed by atoms with Crippen LogP contribution in [0.2, 0.25) is 0 Å². The third-order valence-electron chi connectivity index (χ3n) is 2.03. The lowest BCUT2D eigenvalue weighted by atomic mass is 10.2. The predicted octanol–water partition coefficient (Wildman–Crippen LogP) is 1.34. The summed E-state index contributed by atoms with van der Waals surface area (Å²) in [6.07, 6.45) is 4.34. The first kappa shape index (κ1) is 13.7. The molecule has 0 unspecified atom stereocenters. The van der Waals surface area contributed by atoms with Gasteiger partial charge >= 0.3 is 12.0 Å². The van der Waals surface area contributed by atoms with Crippen molar-refractivity contribution in [3.63, 3.8) is 0 Å². The molecule has 0 radical (unpaired) electrons. The van der Waals surface area contributed by atoms with Crippen molar-refractivity contribution in [1.29, 1.82) is 0 Å². The van der Waals surface area contributed by atoms with Gasteiger partial charge in [-0.25, -0.2) is 4.79 Å². The zero-order valence-corrected chi connectivity index (χ0v) is 9.38. The molecular weight excluding hydrogens is 196 g/mol. The number of aliphatic carboxylic acids is 1. The molecular formula is C10H20N2O3. The van der Waals surface area contributed by atoms with E-state index in [0.29, 0.717) is 6.54 Å². The van der Waals surface area contributed by atoms with E-state index < -0.39 is 18.0 Å². The number of nitrogens with one attached hydrogen (secondary N) is 2. The van der Waals surface area contributed by atoms with Gasteiger partial charge in [-0.3, -0.25) is 4.79 Å². The second-order valence-corrected chi connectivity index (χ2v) is 3.52. The molecule has 0 saturated carbocycles. The molecule has 0 aliphatic carbocycles. The number of hydrogen-bond acceptors (Lipinski definition) is 2. The van der Waals surface area contributed by atoms with Crippen molar-refractivity contribution in [3.8, 4) is 0 Å². The molecule has 88 valence electrons. The maximum atomic E-state index is 11.1. The molecule has 1 atom stereocenters. The summed E-state index contributed by atoms with van der Waals surface area (Å²) in [4.78, 5) is 21.5. The van der Waals surface area contributed by atoms with E-state index in [1.54, 1.807) is 0 Å². The molecule has 0 saturated heterocycles. The highest BCUT2D eigenvalue weighted by atomic mass is 16.4.